The van der Waals surface area contributed by atoms with E-state index in [1.807, 2.05) is 7.05 Å². The van der Waals surface area contributed by atoms with Crippen LogP contribution in [-0.4, -0.2) is 56.0 Å². The Morgan fingerprint density at radius 1 is 1.47 bits per heavy atom. The maximum absolute atomic E-state index is 11.6. The highest BCUT2D eigenvalue weighted by molar-refractivity contribution is 6.35. The molecule has 1 aliphatic rings. The summed E-state index contributed by atoms with van der Waals surface area (Å²) in [5.41, 5.74) is 0. The van der Waals surface area contributed by atoms with Crippen LogP contribution in [0, 0.1) is 0 Å². The van der Waals surface area contributed by atoms with Crippen LogP contribution in [0.5, 0.6) is 0 Å². The van der Waals surface area contributed by atoms with Crippen molar-refractivity contribution in [1.82, 2.24) is 10.2 Å². The van der Waals surface area contributed by atoms with E-state index in [1.54, 1.807) is 14.0 Å². The van der Waals surface area contributed by atoms with Gasteiger partial charge in [0, 0.05) is 13.5 Å². The second-order valence-corrected chi connectivity index (χ2v) is 3.69. The van der Waals surface area contributed by atoms with Gasteiger partial charge in [0.25, 0.3) is 5.91 Å². The number of nitrogens with zero attached hydrogens (tertiary/aromatic N) is 1. The highest BCUT2D eigenvalue weighted by Gasteiger charge is 2.34. The van der Waals surface area contributed by atoms with E-state index in [9.17, 15) is 9.59 Å². The highest BCUT2D eigenvalue weighted by Crippen LogP contribution is 2.12. The lowest BCUT2D eigenvalue weighted by molar-refractivity contribution is -0.145. The molecule has 15 heavy (non-hydrogen) atoms. The van der Waals surface area contributed by atoms with Crippen molar-refractivity contribution < 1.29 is 14.3 Å². The largest absolute Gasteiger partial charge is 0.378 e. The molecule has 1 fully saturated rings. The van der Waals surface area contributed by atoms with Crippen molar-refractivity contribution in [2.75, 3.05) is 27.3 Å². The molecule has 5 nitrogen and oxygen atoms in total. The standard InChI is InChI=1S/C10H18N2O3/c1-4-9(13)10(14)12(3)8-6-15-5-7(8)11-2/h7-8,11H,4-6H2,1-3H3. The topological polar surface area (TPSA) is 58.6 Å². The molecular weight excluding hydrogens is 196 g/mol. The first kappa shape index (κ1) is 12.1. The van der Waals surface area contributed by atoms with Gasteiger partial charge in [0.15, 0.2) is 0 Å². The van der Waals surface area contributed by atoms with Crippen molar-refractivity contribution in [3.63, 3.8) is 0 Å². The number of ether oxygens (including phenoxy) is 1. The van der Waals surface area contributed by atoms with Crippen molar-refractivity contribution in [3.8, 4) is 0 Å². The number of carbonyl (C=O) groups is 2. The summed E-state index contributed by atoms with van der Waals surface area (Å²) in [5, 5.41) is 3.08. The van der Waals surface area contributed by atoms with Crippen molar-refractivity contribution in [2.24, 2.45) is 0 Å². The minimum Gasteiger partial charge on any atom is -0.378 e. The minimum absolute atomic E-state index is 0.0435. The molecule has 1 heterocycles. The van der Waals surface area contributed by atoms with Crippen LogP contribution in [0.15, 0.2) is 0 Å². The lowest BCUT2D eigenvalue weighted by atomic mass is 10.1. The predicted molar refractivity (Wildman–Crippen MR) is 55.5 cm³/mol. The van der Waals surface area contributed by atoms with E-state index < -0.39 is 5.91 Å². The number of nitrogens with one attached hydrogen (secondary N) is 1. The second-order valence-electron chi connectivity index (χ2n) is 3.69. The average Bonchev–Trinajstić information content (AvgIpc) is 2.73. The van der Waals surface area contributed by atoms with Crippen LogP contribution >= 0.6 is 0 Å². The summed E-state index contributed by atoms with van der Waals surface area (Å²) in [6.45, 7) is 2.76. The molecule has 1 amide bonds. The zero-order valence-corrected chi connectivity index (χ0v) is 9.45. The van der Waals surface area contributed by atoms with Crippen molar-refractivity contribution in [3.05, 3.63) is 0 Å². The third-order valence-corrected chi connectivity index (χ3v) is 2.80. The van der Waals surface area contributed by atoms with Gasteiger partial charge in [-0.05, 0) is 7.05 Å². The molecule has 0 saturated carbocycles. The average molecular weight is 214 g/mol. The fraction of sp³-hybridized carbons (Fsp3) is 0.800. The van der Waals surface area contributed by atoms with Crippen molar-refractivity contribution in [1.29, 1.82) is 0 Å². The Morgan fingerprint density at radius 2 is 2.13 bits per heavy atom. The highest BCUT2D eigenvalue weighted by atomic mass is 16.5. The number of likely N-dealkylation sites (N-methyl/N-ethyl adjacent to an activating group) is 2. The number of hydrogen-bond acceptors (Lipinski definition) is 4. The summed E-state index contributed by atoms with van der Waals surface area (Å²) < 4.78 is 5.28. The molecule has 5 heteroatoms. The van der Waals surface area contributed by atoms with Crippen LogP contribution in [0.3, 0.4) is 0 Å². The van der Waals surface area contributed by atoms with Gasteiger partial charge in [-0.15, -0.1) is 0 Å². The molecule has 0 aromatic heterocycles. The lowest BCUT2D eigenvalue weighted by Gasteiger charge is -2.27. The number of Topliss-reactive ketones (excluding diaryl/α,β-unsaturated/α-hetero) is 1. The maximum atomic E-state index is 11.6. The van der Waals surface area contributed by atoms with E-state index in [2.05, 4.69) is 5.32 Å². The van der Waals surface area contributed by atoms with E-state index in [4.69, 9.17) is 4.74 Å². The number of hydrogen-bond donors (Lipinski definition) is 1. The third-order valence-electron chi connectivity index (χ3n) is 2.80. The molecule has 0 spiro atoms. The predicted octanol–water partition coefficient (Wildman–Crippen LogP) is -0.589. The Morgan fingerprint density at radius 3 is 2.67 bits per heavy atom. The SMILES string of the molecule is CCC(=O)C(=O)N(C)C1COCC1NC. The number of rotatable bonds is 4. The summed E-state index contributed by atoms with van der Waals surface area (Å²) in [5.74, 6) is -0.771. The Kier molecular flexibility index (Phi) is 4.23. The fourth-order valence-corrected chi connectivity index (χ4v) is 1.70. The molecule has 0 aromatic carbocycles. The van der Waals surface area contributed by atoms with Gasteiger partial charge in [-0.3, -0.25) is 9.59 Å². The first-order valence-electron chi connectivity index (χ1n) is 5.16. The van der Waals surface area contributed by atoms with E-state index in [1.165, 1.54) is 4.90 Å². The van der Waals surface area contributed by atoms with Crippen LogP contribution in [0.2, 0.25) is 0 Å². The number of amides is 1. The van der Waals surface area contributed by atoms with Crippen molar-refractivity contribution >= 4 is 11.7 Å². The Bertz CT molecular complexity index is 255. The Balaban J connectivity index is 2.63. The van der Waals surface area contributed by atoms with Gasteiger partial charge < -0.3 is 15.0 Å². The Labute approximate surface area is 89.8 Å². The lowest BCUT2D eigenvalue weighted by Crippen LogP contribution is -2.50. The molecule has 2 atom stereocenters. The first-order valence-corrected chi connectivity index (χ1v) is 5.16. The Hall–Kier alpha value is -0.940. The maximum Gasteiger partial charge on any atom is 0.290 e. The third kappa shape index (κ3) is 2.54. The number of carbonyl (C=O) groups excluding carboxylic acids is 2. The van der Waals surface area contributed by atoms with Gasteiger partial charge in [-0.25, -0.2) is 0 Å². The summed E-state index contributed by atoms with van der Waals surface area (Å²) in [6, 6.07) is 0.0709. The van der Waals surface area contributed by atoms with Crippen LogP contribution in [0.25, 0.3) is 0 Å². The summed E-state index contributed by atoms with van der Waals surface area (Å²) in [6.07, 6.45) is 0.251. The van der Waals surface area contributed by atoms with Crippen LogP contribution in [-0.2, 0) is 14.3 Å². The molecule has 0 bridgehead atoms. The molecule has 1 rings (SSSR count). The monoisotopic (exact) mass is 214 g/mol. The van der Waals surface area contributed by atoms with Gasteiger partial charge in [-0.1, -0.05) is 6.92 Å². The zero-order valence-electron chi connectivity index (χ0n) is 9.45. The molecule has 0 radical (unpaired) electrons. The minimum atomic E-state index is -0.423. The summed E-state index contributed by atoms with van der Waals surface area (Å²) in [4.78, 5) is 24.4. The molecule has 1 saturated heterocycles. The van der Waals surface area contributed by atoms with Crippen LogP contribution in [0.4, 0.5) is 0 Å². The number of ketones is 1. The van der Waals surface area contributed by atoms with Gasteiger partial charge >= 0.3 is 0 Å². The molecule has 0 aliphatic carbocycles. The van der Waals surface area contributed by atoms with E-state index in [-0.39, 0.29) is 24.3 Å². The second kappa shape index (κ2) is 5.23. The zero-order chi connectivity index (χ0) is 11.4. The van der Waals surface area contributed by atoms with Gasteiger partial charge in [0.2, 0.25) is 5.78 Å². The molecule has 1 N–H and O–H groups in total. The van der Waals surface area contributed by atoms with Gasteiger partial charge in [-0.2, -0.15) is 0 Å². The normalized spacial score (nSPS) is 25.3. The molecular formula is C10H18N2O3. The van der Waals surface area contributed by atoms with Crippen LogP contribution < -0.4 is 5.32 Å². The fourth-order valence-electron chi connectivity index (χ4n) is 1.70. The molecule has 1 aliphatic heterocycles. The molecule has 86 valence electrons. The van der Waals surface area contributed by atoms with Gasteiger partial charge in [0.05, 0.1) is 25.3 Å². The smallest absolute Gasteiger partial charge is 0.290 e. The molecule has 2 unspecified atom stereocenters. The van der Waals surface area contributed by atoms with Crippen LogP contribution in [0.1, 0.15) is 13.3 Å². The van der Waals surface area contributed by atoms with Gasteiger partial charge in [0.1, 0.15) is 0 Å². The summed E-state index contributed by atoms with van der Waals surface area (Å²) in [7, 11) is 3.48. The first-order chi connectivity index (χ1) is 7.11. The van der Waals surface area contributed by atoms with E-state index in [0.29, 0.717) is 13.2 Å². The van der Waals surface area contributed by atoms with E-state index >= 15 is 0 Å². The van der Waals surface area contributed by atoms with Crippen molar-refractivity contribution in [2.45, 2.75) is 25.4 Å². The summed E-state index contributed by atoms with van der Waals surface area (Å²) >= 11 is 0. The molecule has 0 aromatic rings. The van der Waals surface area contributed by atoms with E-state index in [0.717, 1.165) is 0 Å². The quantitative estimate of drug-likeness (QED) is 0.636.